The van der Waals surface area contributed by atoms with Crippen molar-refractivity contribution in [2.24, 2.45) is 0 Å². The van der Waals surface area contributed by atoms with E-state index in [0.29, 0.717) is 22.0 Å². The van der Waals surface area contributed by atoms with E-state index >= 15 is 0 Å². The van der Waals surface area contributed by atoms with Crippen LogP contribution in [0.2, 0.25) is 5.02 Å². The van der Waals surface area contributed by atoms with Crippen LogP contribution in [0.15, 0.2) is 53.2 Å². The lowest BCUT2D eigenvalue weighted by Gasteiger charge is -2.09. The van der Waals surface area contributed by atoms with Crippen LogP contribution in [0, 0.1) is 0 Å². The Kier molecular flexibility index (Phi) is 6.86. The second-order valence-electron chi connectivity index (χ2n) is 5.52. The Morgan fingerprint density at radius 2 is 1.93 bits per heavy atom. The van der Waals surface area contributed by atoms with Gasteiger partial charge < -0.3 is 14.8 Å². The number of anilines is 1. The highest BCUT2D eigenvalue weighted by molar-refractivity contribution is 7.12. The van der Waals surface area contributed by atoms with E-state index in [1.54, 1.807) is 24.3 Å². The Hall–Kier alpha value is -2.61. The first kappa shape index (κ1) is 20.1. The first-order chi connectivity index (χ1) is 13.6. The maximum atomic E-state index is 12.6. The highest BCUT2D eigenvalue weighted by Crippen LogP contribution is 2.28. The number of benzene rings is 1. The van der Waals surface area contributed by atoms with Gasteiger partial charge in [-0.25, -0.2) is 4.79 Å². The molecule has 0 fully saturated rings. The van der Waals surface area contributed by atoms with Crippen LogP contribution in [0.4, 0.5) is 5.69 Å². The van der Waals surface area contributed by atoms with Crippen molar-refractivity contribution in [2.45, 2.75) is 0 Å². The van der Waals surface area contributed by atoms with Gasteiger partial charge in [0.1, 0.15) is 5.75 Å². The van der Waals surface area contributed by atoms with Crippen LogP contribution in [0.1, 0.15) is 9.75 Å². The van der Waals surface area contributed by atoms with Gasteiger partial charge in [0.05, 0.1) is 17.7 Å². The molecule has 0 saturated heterocycles. The van der Waals surface area contributed by atoms with Crippen molar-refractivity contribution in [3.05, 3.63) is 68.0 Å². The van der Waals surface area contributed by atoms with E-state index in [0.717, 1.165) is 9.75 Å². The zero-order valence-corrected chi connectivity index (χ0v) is 17.2. The SMILES string of the molecule is COc1ccc(NC(=O)COC(=O)/C(=C/c2cccs2)c2cccs2)cc1Cl. The number of thiophene rings is 2. The second kappa shape index (κ2) is 9.54. The highest BCUT2D eigenvalue weighted by atomic mass is 35.5. The van der Waals surface area contributed by atoms with Crippen molar-refractivity contribution in [2.75, 3.05) is 19.0 Å². The third-order valence-electron chi connectivity index (χ3n) is 3.61. The summed E-state index contributed by atoms with van der Waals surface area (Å²) in [6.07, 6.45) is 1.76. The maximum absolute atomic E-state index is 12.6. The number of methoxy groups -OCH3 is 1. The largest absolute Gasteiger partial charge is 0.495 e. The van der Waals surface area contributed by atoms with E-state index < -0.39 is 18.5 Å². The summed E-state index contributed by atoms with van der Waals surface area (Å²) in [6.45, 7) is -0.407. The molecule has 3 aromatic rings. The number of amides is 1. The van der Waals surface area contributed by atoms with Crippen molar-refractivity contribution in [3.8, 4) is 5.75 Å². The average Bonchev–Trinajstić information content (AvgIpc) is 3.38. The van der Waals surface area contributed by atoms with Gasteiger partial charge in [-0.1, -0.05) is 23.7 Å². The molecule has 0 spiro atoms. The van der Waals surface area contributed by atoms with Gasteiger partial charge in [-0.3, -0.25) is 4.79 Å². The van der Waals surface area contributed by atoms with Gasteiger partial charge in [-0.2, -0.15) is 0 Å². The van der Waals surface area contributed by atoms with Gasteiger partial charge in [0, 0.05) is 15.4 Å². The second-order valence-corrected chi connectivity index (χ2v) is 7.86. The van der Waals surface area contributed by atoms with Gasteiger partial charge in [-0.15, -0.1) is 22.7 Å². The summed E-state index contributed by atoms with van der Waals surface area (Å²) in [6, 6.07) is 12.4. The molecular formula is C20H16ClNO4S2. The van der Waals surface area contributed by atoms with Gasteiger partial charge in [0.2, 0.25) is 0 Å². The van der Waals surface area contributed by atoms with Crippen molar-refractivity contribution < 1.29 is 19.1 Å². The fraction of sp³-hybridized carbons (Fsp3) is 0.100. The summed E-state index contributed by atoms with van der Waals surface area (Å²) < 4.78 is 10.3. The molecule has 2 heterocycles. The van der Waals surface area contributed by atoms with Crippen LogP contribution in [-0.4, -0.2) is 25.6 Å². The first-order valence-corrected chi connectivity index (χ1v) is 10.3. The molecule has 0 atom stereocenters. The molecule has 144 valence electrons. The molecule has 0 bridgehead atoms. The minimum absolute atomic E-state index is 0.371. The summed E-state index contributed by atoms with van der Waals surface area (Å²) in [5.74, 6) is -0.514. The zero-order chi connectivity index (χ0) is 19.9. The fourth-order valence-corrected chi connectivity index (χ4v) is 3.97. The van der Waals surface area contributed by atoms with Gasteiger partial charge >= 0.3 is 5.97 Å². The van der Waals surface area contributed by atoms with E-state index in [4.69, 9.17) is 21.1 Å². The molecule has 0 radical (unpaired) electrons. The van der Waals surface area contributed by atoms with Gasteiger partial charge in [0.15, 0.2) is 6.61 Å². The smallest absolute Gasteiger partial charge is 0.340 e. The van der Waals surface area contributed by atoms with Crippen LogP contribution < -0.4 is 10.1 Å². The van der Waals surface area contributed by atoms with Crippen molar-refractivity contribution >= 4 is 63.5 Å². The molecule has 1 aromatic carbocycles. The standard InChI is InChI=1S/C20H16ClNO4S2/c1-25-17-7-6-13(10-16(17)21)22-19(23)12-26-20(24)15(18-5-3-9-28-18)11-14-4-2-8-27-14/h2-11H,12H2,1H3,(H,22,23)/b15-11+. The van der Waals surface area contributed by atoms with E-state index in [1.165, 1.54) is 29.8 Å². The van der Waals surface area contributed by atoms with Gasteiger partial charge in [0.25, 0.3) is 5.91 Å². The summed E-state index contributed by atoms with van der Waals surface area (Å²) in [7, 11) is 1.51. The van der Waals surface area contributed by atoms with E-state index in [-0.39, 0.29) is 0 Å². The Labute approximate surface area is 175 Å². The maximum Gasteiger partial charge on any atom is 0.340 e. The monoisotopic (exact) mass is 433 g/mol. The minimum Gasteiger partial charge on any atom is -0.495 e. The quantitative estimate of drug-likeness (QED) is 0.411. The number of carbonyl (C=O) groups is 2. The average molecular weight is 434 g/mol. The lowest BCUT2D eigenvalue weighted by atomic mass is 10.2. The van der Waals surface area contributed by atoms with Crippen LogP contribution >= 0.6 is 34.3 Å². The lowest BCUT2D eigenvalue weighted by molar-refractivity contribution is -0.141. The molecule has 1 N–H and O–H groups in total. The Morgan fingerprint density at radius 3 is 2.57 bits per heavy atom. The predicted molar refractivity (Wildman–Crippen MR) is 114 cm³/mol. The van der Waals surface area contributed by atoms with E-state index in [1.807, 2.05) is 35.0 Å². The molecule has 0 aliphatic heterocycles. The Balaban J connectivity index is 1.64. The van der Waals surface area contributed by atoms with E-state index in [2.05, 4.69) is 5.32 Å². The predicted octanol–water partition coefficient (Wildman–Crippen LogP) is 5.19. The molecule has 8 heteroatoms. The number of ether oxygens (including phenoxy) is 2. The molecule has 3 rings (SSSR count). The molecule has 0 saturated carbocycles. The number of carbonyl (C=O) groups excluding carboxylic acids is 2. The van der Waals surface area contributed by atoms with E-state index in [9.17, 15) is 9.59 Å². The molecule has 2 aromatic heterocycles. The van der Waals surface area contributed by atoms with Crippen LogP contribution in [0.5, 0.6) is 5.75 Å². The van der Waals surface area contributed by atoms with Crippen molar-refractivity contribution in [1.82, 2.24) is 0 Å². The number of hydrogen-bond donors (Lipinski definition) is 1. The normalized spacial score (nSPS) is 11.1. The van der Waals surface area contributed by atoms with Crippen LogP contribution in [0.25, 0.3) is 11.6 Å². The Morgan fingerprint density at radius 1 is 1.14 bits per heavy atom. The number of esters is 1. The zero-order valence-electron chi connectivity index (χ0n) is 14.8. The van der Waals surface area contributed by atoms with Crippen molar-refractivity contribution in [3.63, 3.8) is 0 Å². The molecule has 5 nitrogen and oxygen atoms in total. The van der Waals surface area contributed by atoms with Crippen LogP contribution in [0.3, 0.4) is 0 Å². The molecular weight excluding hydrogens is 418 g/mol. The summed E-state index contributed by atoms with van der Waals surface area (Å²) in [4.78, 5) is 26.4. The minimum atomic E-state index is -0.557. The molecule has 1 amide bonds. The van der Waals surface area contributed by atoms with Crippen LogP contribution in [-0.2, 0) is 14.3 Å². The van der Waals surface area contributed by atoms with Crippen molar-refractivity contribution in [1.29, 1.82) is 0 Å². The summed E-state index contributed by atoms with van der Waals surface area (Å²) in [5.41, 5.74) is 0.900. The highest BCUT2D eigenvalue weighted by Gasteiger charge is 2.17. The number of hydrogen-bond acceptors (Lipinski definition) is 6. The Bertz CT molecular complexity index is 982. The number of halogens is 1. The molecule has 0 unspecified atom stereocenters. The first-order valence-electron chi connectivity index (χ1n) is 8.16. The topological polar surface area (TPSA) is 64.6 Å². The summed E-state index contributed by atoms with van der Waals surface area (Å²) >= 11 is 8.99. The number of nitrogens with one attached hydrogen (secondary N) is 1. The fourth-order valence-electron chi connectivity index (χ4n) is 2.33. The number of rotatable bonds is 7. The third-order valence-corrected chi connectivity index (χ3v) is 5.62. The lowest BCUT2D eigenvalue weighted by Crippen LogP contribution is -2.21. The molecule has 0 aliphatic rings. The molecule has 28 heavy (non-hydrogen) atoms. The summed E-state index contributed by atoms with van der Waals surface area (Å²) in [5, 5.41) is 6.82. The third kappa shape index (κ3) is 5.22. The molecule has 0 aliphatic carbocycles. The van der Waals surface area contributed by atoms with Gasteiger partial charge in [-0.05, 0) is 47.2 Å².